The second kappa shape index (κ2) is 10.2. The highest BCUT2D eigenvalue weighted by Crippen LogP contribution is 2.43. The number of fused-ring (bicyclic) bond motifs is 1. The number of nitrogens with one attached hydrogen (secondary N) is 2. The Morgan fingerprint density at radius 2 is 1.92 bits per heavy atom. The minimum absolute atomic E-state index is 0.0802. The van der Waals surface area contributed by atoms with Crippen LogP contribution in [-0.2, 0) is 4.79 Å². The van der Waals surface area contributed by atoms with Gasteiger partial charge in [-0.25, -0.2) is 4.39 Å². The van der Waals surface area contributed by atoms with E-state index in [1.807, 2.05) is 23.1 Å². The summed E-state index contributed by atoms with van der Waals surface area (Å²) in [5.74, 6) is -0.732. The maximum atomic E-state index is 14.0. The fourth-order valence-corrected chi connectivity index (χ4v) is 5.70. The summed E-state index contributed by atoms with van der Waals surface area (Å²) in [6.07, 6.45) is 4.22. The molecule has 2 aromatic carbocycles. The predicted octanol–water partition coefficient (Wildman–Crippen LogP) is 5.85. The number of hydrogen-bond acceptors (Lipinski definition) is 4. The molecule has 3 aromatic rings. The van der Waals surface area contributed by atoms with E-state index < -0.39 is 5.82 Å². The summed E-state index contributed by atoms with van der Waals surface area (Å²) in [5, 5.41) is 6.68. The summed E-state index contributed by atoms with van der Waals surface area (Å²) in [6.45, 7) is 6.94. The number of carbonyl (C=O) groups excluding carboxylic acids is 1. The number of halogens is 1. The molecule has 38 heavy (non-hydrogen) atoms. The van der Waals surface area contributed by atoms with Gasteiger partial charge in [0.25, 0.3) is 0 Å². The van der Waals surface area contributed by atoms with Gasteiger partial charge in [-0.2, -0.15) is 0 Å². The number of anilines is 2. The Morgan fingerprint density at radius 1 is 1.16 bits per heavy atom. The molecule has 2 aliphatic rings. The van der Waals surface area contributed by atoms with E-state index in [1.54, 1.807) is 24.4 Å². The van der Waals surface area contributed by atoms with Gasteiger partial charge in [-0.15, -0.1) is 0 Å². The number of allylic oxidation sites excluding steroid dienone is 1. The molecule has 1 amide bonds. The highest BCUT2D eigenvalue weighted by Gasteiger charge is 2.40. The maximum absolute atomic E-state index is 14.0. The molecule has 0 unspecified atom stereocenters. The largest absolute Gasteiger partial charge is 0.366 e. The minimum Gasteiger partial charge on any atom is -0.366 e. The van der Waals surface area contributed by atoms with Gasteiger partial charge in [-0.1, -0.05) is 30.3 Å². The van der Waals surface area contributed by atoms with E-state index in [-0.39, 0.29) is 35.6 Å². The lowest BCUT2D eigenvalue weighted by molar-refractivity contribution is -0.116. The Kier molecular flexibility index (Phi) is 6.92. The summed E-state index contributed by atoms with van der Waals surface area (Å²) in [6, 6.07) is 18.2. The standard InChI is InChI=1S/C30H32FN5OS/c1-19-18-30(2,3)35(4)25-13-12-20(17-21(19)25)28-27(24-11-7-8-15-32-24)34-29(38)36(28)16-14-26(37)33-23-10-6-5-9-22(23)31/h5-13,15,17-18,27-28H,14,16H2,1-4H3,(H,33,37)(H,34,38)/t27-,28+/m1/s1. The number of nitrogens with zero attached hydrogens (tertiary/aromatic N) is 3. The maximum Gasteiger partial charge on any atom is 0.226 e. The molecule has 5 rings (SSSR count). The molecule has 2 atom stereocenters. The van der Waals surface area contributed by atoms with E-state index in [4.69, 9.17) is 12.2 Å². The quantitative estimate of drug-likeness (QED) is 0.391. The molecule has 1 fully saturated rings. The first-order chi connectivity index (χ1) is 18.2. The first-order valence-electron chi connectivity index (χ1n) is 12.8. The third-order valence-corrected chi connectivity index (χ3v) is 7.86. The van der Waals surface area contributed by atoms with Crippen molar-refractivity contribution in [2.24, 2.45) is 0 Å². The van der Waals surface area contributed by atoms with Crippen molar-refractivity contribution in [2.75, 3.05) is 23.8 Å². The molecule has 3 heterocycles. The van der Waals surface area contributed by atoms with Crippen LogP contribution in [-0.4, -0.2) is 40.0 Å². The third-order valence-electron chi connectivity index (χ3n) is 7.51. The Hall–Kier alpha value is -3.78. The number of thiocarbonyl (C=S) groups is 1. The molecule has 0 aliphatic carbocycles. The number of carbonyl (C=O) groups is 1. The second-order valence-electron chi connectivity index (χ2n) is 10.4. The van der Waals surface area contributed by atoms with Gasteiger partial charge in [0.15, 0.2) is 5.11 Å². The van der Waals surface area contributed by atoms with Crippen molar-refractivity contribution in [3.05, 3.63) is 95.6 Å². The van der Waals surface area contributed by atoms with E-state index in [1.165, 1.54) is 22.9 Å². The number of rotatable bonds is 6. The van der Waals surface area contributed by atoms with Gasteiger partial charge in [0.2, 0.25) is 5.91 Å². The molecule has 1 saturated heterocycles. The first kappa shape index (κ1) is 25.9. The summed E-state index contributed by atoms with van der Waals surface area (Å²) in [4.78, 5) is 21.7. The first-order valence-corrected chi connectivity index (χ1v) is 13.2. The summed E-state index contributed by atoms with van der Waals surface area (Å²) in [5.41, 5.74) is 5.64. The number of aromatic nitrogens is 1. The zero-order valence-electron chi connectivity index (χ0n) is 22.0. The number of benzene rings is 2. The van der Waals surface area contributed by atoms with Gasteiger partial charge in [0.05, 0.1) is 29.0 Å². The van der Waals surface area contributed by atoms with Crippen molar-refractivity contribution in [2.45, 2.75) is 44.8 Å². The van der Waals surface area contributed by atoms with Crippen molar-refractivity contribution < 1.29 is 9.18 Å². The molecule has 6 nitrogen and oxygen atoms in total. The van der Waals surface area contributed by atoms with Crippen molar-refractivity contribution in [3.8, 4) is 0 Å². The lowest BCUT2D eigenvalue weighted by atomic mass is 9.86. The van der Waals surface area contributed by atoms with Gasteiger partial charge < -0.3 is 20.4 Å². The molecule has 2 aliphatic heterocycles. The van der Waals surface area contributed by atoms with Crippen LogP contribution < -0.4 is 15.5 Å². The van der Waals surface area contributed by atoms with E-state index >= 15 is 0 Å². The van der Waals surface area contributed by atoms with E-state index in [0.717, 1.165) is 11.3 Å². The second-order valence-corrected chi connectivity index (χ2v) is 10.8. The zero-order chi connectivity index (χ0) is 27.0. The van der Waals surface area contributed by atoms with Crippen molar-refractivity contribution in [3.63, 3.8) is 0 Å². The SMILES string of the molecule is CC1=CC(C)(C)N(C)c2ccc([C@H]3[C@@H](c4ccccn4)NC(=S)N3CCC(=O)Nc3ccccc3F)cc21. The summed E-state index contributed by atoms with van der Waals surface area (Å²) in [7, 11) is 2.12. The van der Waals surface area contributed by atoms with E-state index in [0.29, 0.717) is 11.7 Å². The van der Waals surface area contributed by atoms with Crippen LogP contribution in [0.2, 0.25) is 0 Å². The monoisotopic (exact) mass is 529 g/mol. The highest BCUT2D eigenvalue weighted by molar-refractivity contribution is 7.80. The fourth-order valence-electron chi connectivity index (χ4n) is 5.37. The van der Waals surface area contributed by atoms with Crippen LogP contribution in [0.3, 0.4) is 0 Å². The molecule has 0 saturated carbocycles. The van der Waals surface area contributed by atoms with Crippen LogP contribution in [0.15, 0.2) is 72.9 Å². The number of pyridine rings is 1. The average Bonchev–Trinajstić information content (AvgIpc) is 3.23. The normalized spacial score (nSPS) is 20.0. The number of likely N-dealkylation sites (N-methyl/N-ethyl adjacent to an activating group) is 1. The molecule has 2 N–H and O–H groups in total. The van der Waals surface area contributed by atoms with Crippen molar-refractivity contribution in [1.82, 2.24) is 15.2 Å². The topological polar surface area (TPSA) is 60.5 Å². The Labute approximate surface area is 228 Å². The van der Waals surface area contributed by atoms with E-state index in [9.17, 15) is 9.18 Å². The summed E-state index contributed by atoms with van der Waals surface area (Å²) >= 11 is 5.77. The smallest absolute Gasteiger partial charge is 0.226 e. The van der Waals surface area contributed by atoms with Gasteiger partial charge in [-0.3, -0.25) is 9.78 Å². The van der Waals surface area contributed by atoms with Crippen LogP contribution >= 0.6 is 12.2 Å². The fraction of sp³-hybridized carbons (Fsp3) is 0.300. The molecule has 0 bridgehead atoms. The Morgan fingerprint density at radius 3 is 2.66 bits per heavy atom. The van der Waals surface area contributed by atoms with Crippen molar-refractivity contribution in [1.29, 1.82) is 0 Å². The number of amides is 1. The predicted molar refractivity (Wildman–Crippen MR) is 154 cm³/mol. The molecule has 196 valence electrons. The van der Waals surface area contributed by atoms with Gasteiger partial charge in [-0.05, 0) is 80.5 Å². The van der Waals surface area contributed by atoms with Crippen LogP contribution in [0, 0.1) is 5.82 Å². The molecule has 1 aromatic heterocycles. The van der Waals surface area contributed by atoms with Crippen LogP contribution in [0.1, 0.15) is 56.1 Å². The van der Waals surface area contributed by atoms with Crippen molar-refractivity contribution >= 4 is 40.2 Å². The highest BCUT2D eigenvalue weighted by atomic mass is 32.1. The van der Waals surface area contributed by atoms with E-state index in [2.05, 4.69) is 72.6 Å². The zero-order valence-corrected chi connectivity index (χ0v) is 22.8. The average molecular weight is 530 g/mol. The Bertz CT molecular complexity index is 1410. The van der Waals surface area contributed by atoms with Crippen LogP contribution in [0.4, 0.5) is 15.8 Å². The summed E-state index contributed by atoms with van der Waals surface area (Å²) < 4.78 is 14.0. The number of para-hydroxylation sites is 1. The Balaban J connectivity index is 1.46. The lowest BCUT2D eigenvalue weighted by Gasteiger charge is -2.41. The number of hydrogen-bond donors (Lipinski definition) is 2. The van der Waals surface area contributed by atoms with Crippen LogP contribution in [0.5, 0.6) is 0 Å². The molecule has 0 radical (unpaired) electrons. The lowest BCUT2D eigenvalue weighted by Crippen LogP contribution is -2.42. The van der Waals surface area contributed by atoms with Gasteiger partial charge in [0.1, 0.15) is 5.82 Å². The molecule has 8 heteroatoms. The third kappa shape index (κ3) is 4.88. The molecular weight excluding hydrogens is 497 g/mol. The molecule has 0 spiro atoms. The van der Waals surface area contributed by atoms with Gasteiger partial charge in [0, 0.05) is 37.5 Å². The van der Waals surface area contributed by atoms with Gasteiger partial charge >= 0.3 is 0 Å². The minimum atomic E-state index is -0.460. The molecular formula is C30H32FN5OS. The van der Waals surface area contributed by atoms with Crippen LogP contribution in [0.25, 0.3) is 5.57 Å².